The third-order valence-electron chi connectivity index (χ3n) is 9.29. The molecule has 232 valence electrons. The van der Waals surface area contributed by atoms with Crippen LogP contribution in [0.25, 0.3) is 0 Å². The van der Waals surface area contributed by atoms with Gasteiger partial charge < -0.3 is 20.7 Å². The van der Waals surface area contributed by atoms with E-state index in [2.05, 4.69) is 16.0 Å². The second-order valence-electron chi connectivity index (χ2n) is 12.3. The Labute approximate surface area is 259 Å². The minimum absolute atomic E-state index is 0.0000567. The summed E-state index contributed by atoms with van der Waals surface area (Å²) in [7, 11) is 1.61. The molecule has 0 radical (unpaired) electrons. The highest BCUT2D eigenvalue weighted by molar-refractivity contribution is 6.09. The predicted octanol–water partition coefficient (Wildman–Crippen LogP) is 6.45. The normalized spacial score (nSPS) is 21.1. The number of aryl methyl sites for hydroxylation is 3. The molecule has 1 saturated heterocycles. The predicted molar refractivity (Wildman–Crippen MR) is 169 cm³/mol. The van der Waals surface area contributed by atoms with Crippen LogP contribution in [-0.2, 0) is 19.8 Å². The van der Waals surface area contributed by atoms with Gasteiger partial charge in [0, 0.05) is 25.1 Å². The number of hydrogen-bond acceptors (Lipinski definition) is 4. The molecule has 1 fully saturated rings. The largest absolute Gasteiger partial charge is 0.477 e. The summed E-state index contributed by atoms with van der Waals surface area (Å²) in [6.07, 6.45) is 2.44. The van der Waals surface area contributed by atoms with E-state index in [1.807, 2.05) is 71.0 Å². The number of amides is 3. The fraction of sp³-hybridized carbons (Fsp3) is 0.417. The van der Waals surface area contributed by atoms with Crippen LogP contribution in [0, 0.1) is 26.6 Å². The highest BCUT2D eigenvalue weighted by atomic mass is 19.1. The minimum atomic E-state index is -1.33. The molecular formula is C36H42FN3O4. The summed E-state index contributed by atoms with van der Waals surface area (Å²) < 4.78 is 21.6. The van der Waals surface area contributed by atoms with Crippen LogP contribution in [0.3, 0.4) is 0 Å². The summed E-state index contributed by atoms with van der Waals surface area (Å²) in [4.78, 5) is 41.6. The molecule has 3 amide bonds. The highest BCUT2D eigenvalue weighted by Gasteiger charge is 2.62. The summed E-state index contributed by atoms with van der Waals surface area (Å²) in [5, 5.41) is 9.01. The molecular weight excluding hydrogens is 557 g/mol. The van der Waals surface area contributed by atoms with E-state index < -0.39 is 28.8 Å². The minimum Gasteiger partial charge on any atom is -0.477 e. The van der Waals surface area contributed by atoms with Crippen LogP contribution in [0.4, 0.5) is 10.1 Å². The number of piperidine rings is 1. The second-order valence-corrected chi connectivity index (χ2v) is 12.3. The number of halogens is 1. The number of nitrogens with one attached hydrogen (secondary N) is 3. The van der Waals surface area contributed by atoms with Crippen molar-refractivity contribution in [3.8, 4) is 5.75 Å². The Kier molecular flexibility index (Phi) is 8.56. The molecule has 44 heavy (non-hydrogen) atoms. The third-order valence-corrected chi connectivity index (χ3v) is 9.29. The molecule has 2 heterocycles. The fourth-order valence-corrected chi connectivity index (χ4v) is 7.36. The standard InChI is InChI=1S/C36H42FN3O4/c1-7-15-35(16-8-2,33(42)38-6)44-30-14-10-21(3)17-26(30)28-20-31(41)40-32(25-19-24(37)12-11-23(25)5)36(28)27-13-9-22(4)18-29(27)39-34(36)43/h9-14,17-19,28,32H,7-8,15-16,20H2,1-6H3,(H,38,42)(H,39,43)(H,40,41)/t28?,32?,36-/m1/s1. The average Bonchev–Trinajstić information content (AvgIpc) is 3.26. The van der Waals surface area contributed by atoms with Crippen molar-refractivity contribution < 1.29 is 23.5 Å². The van der Waals surface area contributed by atoms with E-state index in [1.165, 1.54) is 12.1 Å². The summed E-state index contributed by atoms with van der Waals surface area (Å²) in [6.45, 7) is 9.79. The molecule has 2 aliphatic rings. The van der Waals surface area contributed by atoms with Crippen LogP contribution < -0.4 is 20.7 Å². The fourth-order valence-electron chi connectivity index (χ4n) is 7.36. The number of ether oxygens (including phenoxy) is 1. The zero-order valence-electron chi connectivity index (χ0n) is 26.4. The van der Waals surface area contributed by atoms with Gasteiger partial charge in [-0.1, -0.05) is 62.6 Å². The average molecular weight is 600 g/mol. The van der Waals surface area contributed by atoms with E-state index >= 15 is 0 Å². The van der Waals surface area contributed by atoms with Crippen LogP contribution in [-0.4, -0.2) is 30.4 Å². The number of likely N-dealkylation sites (N-methyl/N-ethyl adjacent to an activating group) is 1. The monoisotopic (exact) mass is 599 g/mol. The van der Waals surface area contributed by atoms with E-state index in [9.17, 15) is 18.8 Å². The van der Waals surface area contributed by atoms with E-state index in [0.29, 0.717) is 35.4 Å². The Morgan fingerprint density at radius 2 is 1.66 bits per heavy atom. The molecule has 7 nitrogen and oxygen atoms in total. The molecule has 3 N–H and O–H groups in total. The number of benzene rings is 3. The number of carbonyl (C=O) groups is 3. The lowest BCUT2D eigenvalue weighted by Gasteiger charge is -2.47. The summed E-state index contributed by atoms with van der Waals surface area (Å²) in [6, 6.07) is 15.1. The van der Waals surface area contributed by atoms with Gasteiger partial charge in [-0.25, -0.2) is 4.39 Å². The molecule has 3 aromatic rings. The molecule has 8 heteroatoms. The number of rotatable bonds is 9. The van der Waals surface area contributed by atoms with Gasteiger partial charge in [0.05, 0.1) is 6.04 Å². The van der Waals surface area contributed by atoms with Crippen LogP contribution in [0.15, 0.2) is 54.6 Å². The molecule has 3 aromatic carbocycles. The van der Waals surface area contributed by atoms with E-state index in [-0.39, 0.29) is 24.1 Å². The van der Waals surface area contributed by atoms with Gasteiger partial charge in [-0.05, 0) is 85.7 Å². The van der Waals surface area contributed by atoms with Crippen LogP contribution in [0.2, 0.25) is 0 Å². The Morgan fingerprint density at radius 1 is 0.977 bits per heavy atom. The molecule has 0 saturated carbocycles. The lowest BCUT2D eigenvalue weighted by atomic mass is 9.58. The van der Waals surface area contributed by atoms with Crippen molar-refractivity contribution in [1.82, 2.24) is 10.6 Å². The van der Waals surface area contributed by atoms with Crippen LogP contribution in [0.1, 0.15) is 91.3 Å². The Bertz CT molecular complexity index is 1610. The molecule has 0 bridgehead atoms. The maximum atomic E-state index is 14.8. The zero-order valence-corrected chi connectivity index (χ0v) is 26.4. The lowest BCUT2D eigenvalue weighted by Crippen LogP contribution is -2.57. The van der Waals surface area contributed by atoms with Gasteiger partial charge in [-0.2, -0.15) is 0 Å². The maximum Gasteiger partial charge on any atom is 0.263 e. The smallest absolute Gasteiger partial charge is 0.263 e. The lowest BCUT2D eigenvalue weighted by molar-refractivity contribution is -0.138. The molecule has 1 spiro atoms. The van der Waals surface area contributed by atoms with Gasteiger partial charge in [0.15, 0.2) is 5.60 Å². The van der Waals surface area contributed by atoms with Gasteiger partial charge in [0.1, 0.15) is 17.0 Å². The number of carbonyl (C=O) groups excluding carboxylic acids is 3. The number of anilines is 1. The van der Waals surface area contributed by atoms with Crippen molar-refractivity contribution in [2.24, 2.45) is 0 Å². The number of fused-ring (bicyclic) bond motifs is 2. The molecule has 2 aliphatic heterocycles. The molecule has 3 atom stereocenters. The second kappa shape index (κ2) is 12.1. The van der Waals surface area contributed by atoms with Crippen molar-refractivity contribution in [3.05, 3.63) is 93.8 Å². The van der Waals surface area contributed by atoms with Crippen molar-refractivity contribution in [3.63, 3.8) is 0 Å². The molecule has 0 aliphatic carbocycles. The van der Waals surface area contributed by atoms with Crippen molar-refractivity contribution in [2.75, 3.05) is 12.4 Å². The van der Waals surface area contributed by atoms with E-state index in [0.717, 1.165) is 35.1 Å². The molecule has 2 unspecified atom stereocenters. The van der Waals surface area contributed by atoms with E-state index in [1.54, 1.807) is 13.1 Å². The Hall–Kier alpha value is -4.20. The molecule has 0 aromatic heterocycles. The topological polar surface area (TPSA) is 96.5 Å². The first-order valence-corrected chi connectivity index (χ1v) is 15.5. The first-order valence-electron chi connectivity index (χ1n) is 15.5. The van der Waals surface area contributed by atoms with Gasteiger partial charge in [0.2, 0.25) is 11.8 Å². The maximum absolute atomic E-state index is 14.8. The van der Waals surface area contributed by atoms with Gasteiger partial charge in [-0.3, -0.25) is 14.4 Å². The van der Waals surface area contributed by atoms with Crippen molar-refractivity contribution in [2.45, 2.75) is 89.7 Å². The molecule has 5 rings (SSSR count). The summed E-state index contributed by atoms with van der Waals surface area (Å²) in [5.41, 5.74) is 2.82. The van der Waals surface area contributed by atoms with E-state index in [4.69, 9.17) is 4.74 Å². The quantitative estimate of drug-likeness (QED) is 0.263. The van der Waals surface area contributed by atoms with Crippen LogP contribution >= 0.6 is 0 Å². The van der Waals surface area contributed by atoms with Gasteiger partial charge in [0.25, 0.3) is 5.91 Å². The zero-order chi connectivity index (χ0) is 31.8. The first-order chi connectivity index (χ1) is 21.0. The van der Waals surface area contributed by atoms with Gasteiger partial charge in [-0.15, -0.1) is 0 Å². The summed E-state index contributed by atoms with van der Waals surface area (Å²) in [5.74, 6) is -1.42. The van der Waals surface area contributed by atoms with Crippen LogP contribution in [0.5, 0.6) is 5.75 Å². The SMILES string of the molecule is CCCC(CCC)(Oc1ccc(C)cc1C1CC(=O)NC(c2cc(F)ccc2C)[C@]12C(=O)Nc1cc(C)ccc12)C(=O)NC. The third kappa shape index (κ3) is 5.14. The Morgan fingerprint density at radius 3 is 2.34 bits per heavy atom. The Balaban J connectivity index is 1.80. The number of hydrogen-bond donors (Lipinski definition) is 3. The first kappa shape index (κ1) is 31.2. The highest BCUT2D eigenvalue weighted by Crippen LogP contribution is 2.59. The summed E-state index contributed by atoms with van der Waals surface area (Å²) >= 11 is 0. The van der Waals surface area contributed by atoms with Crippen molar-refractivity contribution >= 4 is 23.4 Å². The van der Waals surface area contributed by atoms with Crippen molar-refractivity contribution in [1.29, 1.82) is 0 Å². The van der Waals surface area contributed by atoms with Gasteiger partial charge >= 0.3 is 0 Å².